The van der Waals surface area contributed by atoms with Crippen LogP contribution in [0.15, 0.2) is 46.7 Å². The van der Waals surface area contributed by atoms with Crippen LogP contribution in [-0.2, 0) is 21.0 Å². The molecule has 1 amide bonds. The Labute approximate surface area is 178 Å². The van der Waals surface area contributed by atoms with Gasteiger partial charge in [-0.1, -0.05) is 12.1 Å². The first-order chi connectivity index (χ1) is 14.0. The summed E-state index contributed by atoms with van der Waals surface area (Å²) in [5, 5.41) is 4.48. The van der Waals surface area contributed by atoms with Gasteiger partial charge in [0.1, 0.15) is 0 Å². The molecule has 2 N–H and O–H groups in total. The van der Waals surface area contributed by atoms with Crippen LogP contribution in [0.4, 0.5) is 18.3 Å². The van der Waals surface area contributed by atoms with Gasteiger partial charge in [0.05, 0.1) is 27.1 Å². The van der Waals surface area contributed by atoms with Gasteiger partial charge in [-0.15, -0.1) is 22.7 Å². The summed E-state index contributed by atoms with van der Waals surface area (Å²) in [6.45, 7) is 3.19. The maximum Gasteiger partial charge on any atom is 0.417 e. The Bertz CT molecular complexity index is 1170. The molecular weight excluding hydrogens is 459 g/mol. The highest BCUT2D eigenvalue weighted by Crippen LogP contribution is 2.34. The fraction of sp³-hybridized carbons (Fsp3) is 0.222. The van der Waals surface area contributed by atoms with Crippen LogP contribution in [0.25, 0.3) is 10.6 Å². The molecule has 0 fully saturated rings. The number of benzene rings is 1. The molecule has 0 aliphatic heterocycles. The number of amides is 1. The van der Waals surface area contributed by atoms with E-state index in [1.807, 2.05) is 23.8 Å². The van der Waals surface area contributed by atoms with E-state index in [1.54, 1.807) is 5.38 Å². The molecule has 0 saturated carbocycles. The van der Waals surface area contributed by atoms with E-state index in [-0.39, 0.29) is 5.13 Å². The summed E-state index contributed by atoms with van der Waals surface area (Å²) < 4.78 is 66.3. The fourth-order valence-electron chi connectivity index (χ4n) is 2.52. The maximum atomic E-state index is 13.1. The van der Waals surface area contributed by atoms with Crippen LogP contribution < -0.4 is 10.0 Å². The molecule has 0 saturated heterocycles. The molecule has 3 aromatic rings. The van der Waals surface area contributed by atoms with E-state index in [2.05, 4.69) is 10.3 Å². The molecule has 3 rings (SSSR count). The van der Waals surface area contributed by atoms with Crippen molar-refractivity contribution in [3.63, 3.8) is 0 Å². The predicted octanol–water partition coefficient (Wildman–Crippen LogP) is 4.50. The number of hydrogen-bond acceptors (Lipinski definition) is 6. The monoisotopic (exact) mass is 475 g/mol. The third-order valence-corrected chi connectivity index (χ3v) is 7.31. The van der Waals surface area contributed by atoms with Gasteiger partial charge >= 0.3 is 6.18 Å². The average Bonchev–Trinajstić information content (AvgIpc) is 3.29. The number of alkyl halides is 3. The zero-order valence-corrected chi connectivity index (χ0v) is 18.1. The number of hydrogen-bond donors (Lipinski definition) is 2. The minimum Gasteiger partial charge on any atom is -0.301 e. The Morgan fingerprint density at radius 1 is 1.17 bits per heavy atom. The van der Waals surface area contributed by atoms with Crippen molar-refractivity contribution < 1.29 is 26.4 Å². The molecule has 1 aromatic carbocycles. The third-order valence-electron chi connectivity index (χ3n) is 3.93. The lowest BCUT2D eigenvalue weighted by Gasteiger charge is -2.16. The van der Waals surface area contributed by atoms with Gasteiger partial charge in [-0.3, -0.25) is 4.79 Å². The summed E-state index contributed by atoms with van der Waals surface area (Å²) in [5.74, 6) is -0.744. The van der Waals surface area contributed by atoms with Crippen LogP contribution in [0.3, 0.4) is 0 Å². The first-order valence-corrected chi connectivity index (χ1v) is 11.7. The lowest BCUT2D eigenvalue weighted by molar-refractivity contribution is -0.139. The Hall–Kier alpha value is -2.28. The number of aryl methyl sites for hydroxylation is 1. The lowest BCUT2D eigenvalue weighted by atomic mass is 10.2. The van der Waals surface area contributed by atoms with Gasteiger partial charge in [0, 0.05) is 10.3 Å². The predicted molar refractivity (Wildman–Crippen MR) is 110 cm³/mol. The van der Waals surface area contributed by atoms with Crippen molar-refractivity contribution in [1.82, 2.24) is 9.71 Å². The number of thiophene rings is 1. The van der Waals surface area contributed by atoms with Gasteiger partial charge in [0.25, 0.3) is 0 Å². The van der Waals surface area contributed by atoms with Crippen molar-refractivity contribution in [3.8, 4) is 10.6 Å². The number of aromatic nitrogens is 1. The van der Waals surface area contributed by atoms with Gasteiger partial charge in [-0.25, -0.2) is 13.4 Å². The van der Waals surface area contributed by atoms with Gasteiger partial charge in [0.2, 0.25) is 15.9 Å². The average molecular weight is 476 g/mol. The second-order valence-electron chi connectivity index (χ2n) is 6.27. The van der Waals surface area contributed by atoms with E-state index in [4.69, 9.17) is 0 Å². The fourth-order valence-corrected chi connectivity index (χ4v) is 5.56. The minimum absolute atomic E-state index is 0.253. The molecule has 0 radical (unpaired) electrons. The standard InChI is InChI=1S/C18H16F3N3O3S3/c1-10-7-8-14(29-10)13-9-28-17(22-13)23-16(25)11(2)24-30(26,27)15-6-4-3-5-12(15)18(19,20)21/h3-9,11,24H,1-2H3,(H,22,23,25)/t11-/m0/s1. The van der Waals surface area contributed by atoms with E-state index in [0.717, 1.165) is 33.2 Å². The number of carbonyl (C=O) groups excluding carboxylic acids is 1. The van der Waals surface area contributed by atoms with Crippen molar-refractivity contribution in [2.75, 3.05) is 5.32 Å². The molecule has 2 aromatic heterocycles. The summed E-state index contributed by atoms with van der Waals surface area (Å²) in [4.78, 5) is 17.7. The Kier molecular flexibility index (Phi) is 6.32. The Morgan fingerprint density at radius 3 is 2.50 bits per heavy atom. The smallest absolute Gasteiger partial charge is 0.301 e. The molecular formula is C18H16F3N3O3S3. The molecule has 2 heterocycles. The summed E-state index contributed by atoms with van der Waals surface area (Å²) in [7, 11) is -4.59. The highest BCUT2D eigenvalue weighted by atomic mass is 32.2. The molecule has 12 heteroatoms. The third kappa shape index (κ3) is 5.06. The topological polar surface area (TPSA) is 88.2 Å². The van der Waals surface area contributed by atoms with Gasteiger partial charge < -0.3 is 5.32 Å². The van der Waals surface area contributed by atoms with Gasteiger partial charge in [0.15, 0.2) is 5.13 Å². The Morgan fingerprint density at radius 2 is 1.87 bits per heavy atom. The first kappa shape index (κ1) is 22.4. The first-order valence-electron chi connectivity index (χ1n) is 8.49. The summed E-state index contributed by atoms with van der Waals surface area (Å²) in [5.41, 5.74) is -0.637. The largest absolute Gasteiger partial charge is 0.417 e. The molecule has 0 spiro atoms. The molecule has 160 valence electrons. The minimum atomic E-state index is -4.85. The molecule has 1 atom stereocenters. The van der Waals surface area contributed by atoms with Crippen molar-refractivity contribution in [1.29, 1.82) is 0 Å². The number of thiazole rings is 1. The molecule has 6 nitrogen and oxygen atoms in total. The molecule has 0 aliphatic rings. The zero-order valence-electron chi connectivity index (χ0n) is 15.6. The highest BCUT2D eigenvalue weighted by Gasteiger charge is 2.37. The van der Waals surface area contributed by atoms with Crippen LogP contribution in [0, 0.1) is 6.92 Å². The molecule has 0 unspecified atom stereocenters. The Balaban J connectivity index is 1.72. The van der Waals surface area contributed by atoms with Crippen molar-refractivity contribution in [2.45, 2.75) is 31.0 Å². The number of rotatable bonds is 6. The van der Waals surface area contributed by atoms with Crippen LogP contribution in [0.2, 0.25) is 0 Å². The van der Waals surface area contributed by atoms with Crippen molar-refractivity contribution in [2.24, 2.45) is 0 Å². The van der Waals surface area contributed by atoms with E-state index in [9.17, 15) is 26.4 Å². The SMILES string of the molecule is Cc1ccc(-c2csc(NC(=O)[C@H](C)NS(=O)(=O)c3ccccc3C(F)(F)F)n2)s1. The van der Waals surface area contributed by atoms with Crippen LogP contribution in [0.5, 0.6) is 0 Å². The van der Waals surface area contributed by atoms with E-state index < -0.39 is 38.6 Å². The van der Waals surface area contributed by atoms with Crippen LogP contribution >= 0.6 is 22.7 Å². The van der Waals surface area contributed by atoms with E-state index in [1.165, 1.54) is 24.3 Å². The number of nitrogens with zero attached hydrogens (tertiary/aromatic N) is 1. The number of anilines is 1. The summed E-state index contributed by atoms with van der Waals surface area (Å²) >= 11 is 2.69. The van der Waals surface area contributed by atoms with Gasteiger partial charge in [-0.2, -0.15) is 17.9 Å². The zero-order chi connectivity index (χ0) is 22.1. The molecule has 30 heavy (non-hydrogen) atoms. The van der Waals surface area contributed by atoms with Crippen LogP contribution in [-0.4, -0.2) is 25.4 Å². The quantitative estimate of drug-likeness (QED) is 0.549. The number of sulfonamides is 1. The lowest BCUT2D eigenvalue weighted by Crippen LogP contribution is -2.42. The van der Waals surface area contributed by atoms with Crippen molar-refractivity contribution in [3.05, 3.63) is 52.2 Å². The van der Waals surface area contributed by atoms with Gasteiger partial charge in [-0.05, 0) is 38.1 Å². The maximum absolute atomic E-state index is 13.1. The highest BCUT2D eigenvalue weighted by molar-refractivity contribution is 7.89. The van der Waals surface area contributed by atoms with Crippen molar-refractivity contribution >= 4 is 43.7 Å². The second-order valence-corrected chi connectivity index (χ2v) is 10.1. The number of carbonyl (C=O) groups is 1. The number of nitrogens with one attached hydrogen (secondary N) is 2. The number of halogens is 3. The molecule has 0 aliphatic carbocycles. The summed E-state index contributed by atoms with van der Waals surface area (Å²) in [6.07, 6.45) is -4.85. The van der Waals surface area contributed by atoms with E-state index >= 15 is 0 Å². The summed E-state index contributed by atoms with van der Waals surface area (Å²) in [6, 6.07) is 6.29. The normalized spacial score (nSPS) is 13.2. The van der Waals surface area contributed by atoms with E-state index in [0.29, 0.717) is 11.8 Å². The molecule has 0 bridgehead atoms. The van der Waals surface area contributed by atoms with Crippen LogP contribution in [0.1, 0.15) is 17.4 Å². The second kappa shape index (κ2) is 8.46.